The van der Waals surface area contributed by atoms with Gasteiger partial charge in [-0.1, -0.05) is 6.58 Å². The predicted octanol–water partition coefficient (Wildman–Crippen LogP) is 1.10. The number of hydroxylamine groups is 1. The van der Waals surface area contributed by atoms with Crippen LogP contribution in [0, 0.1) is 0 Å². The molecule has 0 fully saturated rings. The highest BCUT2D eigenvalue weighted by atomic mass is 16.6. The minimum absolute atomic E-state index is 0.743. The van der Waals surface area contributed by atoms with Crippen LogP contribution in [0.2, 0.25) is 0 Å². The Labute approximate surface area is 48.1 Å². The van der Waals surface area contributed by atoms with Gasteiger partial charge in [0.2, 0.25) is 0 Å². The Morgan fingerprint density at radius 2 is 2.62 bits per heavy atom. The molecule has 1 aliphatic rings. The molecular weight excluding hydrogens is 102 g/mol. The highest BCUT2D eigenvalue weighted by Crippen LogP contribution is 1.98. The zero-order valence-corrected chi connectivity index (χ0v) is 4.42. The van der Waals surface area contributed by atoms with E-state index in [1.165, 1.54) is 0 Å². The maximum Gasteiger partial charge on any atom is 0.154 e. The summed E-state index contributed by atoms with van der Waals surface area (Å²) in [4.78, 5) is 4.83. The van der Waals surface area contributed by atoms with Crippen LogP contribution in [0.5, 0.6) is 0 Å². The highest BCUT2D eigenvalue weighted by Gasteiger charge is 1.90. The summed E-state index contributed by atoms with van der Waals surface area (Å²) in [5, 5.41) is 0. The van der Waals surface area contributed by atoms with Crippen molar-refractivity contribution < 1.29 is 4.84 Å². The second kappa shape index (κ2) is 2.21. The Bertz CT molecular complexity index is 147. The summed E-state index contributed by atoms with van der Waals surface area (Å²) in [6, 6.07) is 0. The molecule has 0 spiro atoms. The lowest BCUT2D eigenvalue weighted by molar-refractivity contribution is 0.149. The first-order valence-corrected chi connectivity index (χ1v) is 2.35. The fourth-order valence-electron chi connectivity index (χ4n) is 0.428. The third kappa shape index (κ3) is 0.904. The first-order chi connectivity index (χ1) is 3.93. The Kier molecular flexibility index (Phi) is 1.37. The SMILES string of the molecule is C=CC1=CC=CNO1. The van der Waals surface area contributed by atoms with Crippen LogP contribution in [0.1, 0.15) is 0 Å². The van der Waals surface area contributed by atoms with Crippen LogP contribution in [0.3, 0.4) is 0 Å². The van der Waals surface area contributed by atoms with Crippen molar-refractivity contribution >= 4 is 0 Å². The Balaban J connectivity index is 2.63. The molecule has 0 radical (unpaired) electrons. The molecule has 0 atom stereocenters. The van der Waals surface area contributed by atoms with Crippen LogP contribution < -0.4 is 5.48 Å². The van der Waals surface area contributed by atoms with Crippen molar-refractivity contribution in [2.75, 3.05) is 0 Å². The van der Waals surface area contributed by atoms with Gasteiger partial charge in [-0.05, 0) is 18.2 Å². The van der Waals surface area contributed by atoms with Gasteiger partial charge in [-0.3, -0.25) is 0 Å². The summed E-state index contributed by atoms with van der Waals surface area (Å²) >= 11 is 0. The number of hydrogen-bond donors (Lipinski definition) is 1. The molecule has 1 heterocycles. The monoisotopic (exact) mass is 109 g/mol. The smallest absolute Gasteiger partial charge is 0.154 e. The molecule has 2 heteroatoms. The van der Waals surface area contributed by atoms with E-state index in [2.05, 4.69) is 12.1 Å². The average Bonchev–Trinajstić information content (AvgIpc) is 1.90. The fraction of sp³-hybridized carbons (Fsp3) is 0. The van der Waals surface area contributed by atoms with Crippen molar-refractivity contribution in [2.45, 2.75) is 0 Å². The van der Waals surface area contributed by atoms with Gasteiger partial charge in [0.05, 0.1) is 0 Å². The van der Waals surface area contributed by atoms with Gasteiger partial charge in [-0.2, -0.15) is 0 Å². The van der Waals surface area contributed by atoms with Crippen molar-refractivity contribution in [3.05, 3.63) is 36.8 Å². The molecule has 0 bridgehead atoms. The van der Waals surface area contributed by atoms with Gasteiger partial charge in [0.15, 0.2) is 5.76 Å². The number of hydrogen-bond acceptors (Lipinski definition) is 2. The zero-order chi connectivity index (χ0) is 5.82. The molecule has 0 aromatic carbocycles. The van der Waals surface area contributed by atoms with E-state index in [1.807, 2.05) is 12.2 Å². The molecular formula is C6H7NO. The summed E-state index contributed by atoms with van der Waals surface area (Å²) in [6.07, 6.45) is 7.01. The molecule has 0 aromatic heterocycles. The van der Waals surface area contributed by atoms with E-state index >= 15 is 0 Å². The van der Waals surface area contributed by atoms with Crippen LogP contribution in [-0.2, 0) is 4.84 Å². The first-order valence-electron chi connectivity index (χ1n) is 2.35. The number of nitrogens with one attached hydrogen (secondary N) is 1. The highest BCUT2D eigenvalue weighted by molar-refractivity contribution is 5.17. The maximum absolute atomic E-state index is 4.83. The van der Waals surface area contributed by atoms with Crippen molar-refractivity contribution in [3.63, 3.8) is 0 Å². The van der Waals surface area contributed by atoms with E-state index in [0.29, 0.717) is 0 Å². The summed E-state index contributed by atoms with van der Waals surface area (Å²) in [5.74, 6) is 0.743. The molecule has 2 nitrogen and oxygen atoms in total. The van der Waals surface area contributed by atoms with Crippen LogP contribution in [0.25, 0.3) is 0 Å². The Morgan fingerprint density at radius 1 is 1.75 bits per heavy atom. The van der Waals surface area contributed by atoms with Gasteiger partial charge < -0.3 is 4.84 Å². The summed E-state index contributed by atoms with van der Waals surface area (Å²) < 4.78 is 0. The third-order valence-corrected chi connectivity index (χ3v) is 0.803. The number of rotatable bonds is 1. The lowest BCUT2D eigenvalue weighted by atomic mass is 10.4. The van der Waals surface area contributed by atoms with Gasteiger partial charge in [0.25, 0.3) is 0 Å². The van der Waals surface area contributed by atoms with Crippen molar-refractivity contribution in [3.8, 4) is 0 Å². The van der Waals surface area contributed by atoms with E-state index in [9.17, 15) is 0 Å². The molecule has 0 saturated carbocycles. The van der Waals surface area contributed by atoms with Gasteiger partial charge in [-0.25, -0.2) is 5.48 Å². The van der Waals surface area contributed by atoms with E-state index in [0.717, 1.165) is 5.76 Å². The fourth-order valence-corrected chi connectivity index (χ4v) is 0.428. The molecule has 42 valence electrons. The zero-order valence-electron chi connectivity index (χ0n) is 4.42. The first kappa shape index (κ1) is 4.97. The summed E-state index contributed by atoms with van der Waals surface area (Å²) in [7, 11) is 0. The molecule has 0 saturated heterocycles. The predicted molar refractivity (Wildman–Crippen MR) is 31.6 cm³/mol. The second-order valence-corrected chi connectivity index (χ2v) is 1.35. The molecule has 0 amide bonds. The molecule has 1 rings (SSSR count). The molecule has 0 aliphatic carbocycles. The van der Waals surface area contributed by atoms with E-state index < -0.39 is 0 Å². The second-order valence-electron chi connectivity index (χ2n) is 1.35. The van der Waals surface area contributed by atoms with Crippen molar-refractivity contribution in [1.82, 2.24) is 5.48 Å². The Hall–Kier alpha value is -1.18. The quantitative estimate of drug-likeness (QED) is 0.544. The van der Waals surface area contributed by atoms with Gasteiger partial charge in [-0.15, -0.1) is 0 Å². The van der Waals surface area contributed by atoms with Gasteiger partial charge in [0.1, 0.15) is 0 Å². The van der Waals surface area contributed by atoms with E-state index in [-0.39, 0.29) is 0 Å². The molecule has 1 aliphatic heterocycles. The van der Waals surface area contributed by atoms with Crippen LogP contribution >= 0.6 is 0 Å². The molecule has 8 heavy (non-hydrogen) atoms. The third-order valence-electron chi connectivity index (χ3n) is 0.803. The normalized spacial score (nSPS) is 15.8. The summed E-state index contributed by atoms with van der Waals surface area (Å²) in [6.45, 7) is 3.52. The van der Waals surface area contributed by atoms with Crippen LogP contribution in [0.15, 0.2) is 36.8 Å². The van der Waals surface area contributed by atoms with Gasteiger partial charge in [0, 0.05) is 6.20 Å². The maximum atomic E-state index is 4.83. The standard InChI is InChI=1S/C6H7NO/c1-2-6-4-3-5-7-8-6/h2-5,7H,1H2. The topological polar surface area (TPSA) is 21.3 Å². The minimum atomic E-state index is 0.743. The summed E-state index contributed by atoms with van der Waals surface area (Å²) in [5.41, 5.74) is 2.57. The largest absolute Gasteiger partial charge is 0.383 e. The van der Waals surface area contributed by atoms with E-state index in [1.54, 1.807) is 12.3 Å². The van der Waals surface area contributed by atoms with Crippen molar-refractivity contribution in [2.24, 2.45) is 0 Å². The molecule has 0 aromatic rings. The van der Waals surface area contributed by atoms with Crippen LogP contribution in [0.4, 0.5) is 0 Å². The van der Waals surface area contributed by atoms with Crippen molar-refractivity contribution in [1.29, 1.82) is 0 Å². The van der Waals surface area contributed by atoms with Crippen LogP contribution in [-0.4, -0.2) is 0 Å². The van der Waals surface area contributed by atoms with Gasteiger partial charge >= 0.3 is 0 Å². The lowest BCUT2D eigenvalue weighted by Crippen LogP contribution is -2.07. The van der Waals surface area contributed by atoms with E-state index in [4.69, 9.17) is 4.84 Å². The molecule has 0 unspecified atom stereocenters. The Morgan fingerprint density at radius 3 is 3.00 bits per heavy atom. The number of allylic oxidation sites excluding steroid dienone is 3. The average molecular weight is 109 g/mol. The minimum Gasteiger partial charge on any atom is -0.383 e. The lowest BCUT2D eigenvalue weighted by Gasteiger charge is -2.06. The molecule has 1 N–H and O–H groups in total.